The highest BCUT2D eigenvalue weighted by atomic mass is 32.3. The zero-order valence-electron chi connectivity index (χ0n) is 8.76. The van der Waals surface area contributed by atoms with Crippen LogP contribution in [0.2, 0.25) is 0 Å². The zero-order valence-corrected chi connectivity index (χ0v) is 9.58. The monoisotopic (exact) mass is 243 g/mol. The van der Waals surface area contributed by atoms with Gasteiger partial charge in [-0.05, 0) is 6.42 Å². The molecule has 0 atom stereocenters. The van der Waals surface area contributed by atoms with E-state index in [4.69, 9.17) is 9.66 Å². The van der Waals surface area contributed by atoms with Crippen molar-refractivity contribution in [1.82, 2.24) is 6.15 Å². The van der Waals surface area contributed by atoms with Crippen LogP contribution >= 0.6 is 0 Å². The molecule has 0 amide bonds. The maximum atomic E-state index is 9.99. The van der Waals surface area contributed by atoms with Crippen molar-refractivity contribution in [2.24, 2.45) is 0 Å². The van der Waals surface area contributed by atoms with Gasteiger partial charge in [-0.2, -0.15) is 8.42 Å². The summed E-state index contributed by atoms with van der Waals surface area (Å²) in [6, 6.07) is 0. The van der Waals surface area contributed by atoms with Crippen molar-refractivity contribution in [2.75, 3.05) is 7.11 Å². The Hall–Kier alpha value is -0.960. The van der Waals surface area contributed by atoms with Crippen LogP contribution in [-0.2, 0) is 19.4 Å². The average Bonchev–Trinajstić information content (AvgIpc) is 2.04. The predicted molar refractivity (Wildman–Crippen MR) is 55.3 cm³/mol. The smallest absolute Gasteiger partial charge is 0.397 e. The van der Waals surface area contributed by atoms with E-state index < -0.39 is 16.4 Å². The SMILES string of the molecule is C=C(CCC)C(=O)O.COS(=O)(=O)O.N. The van der Waals surface area contributed by atoms with E-state index in [1.54, 1.807) is 0 Å². The van der Waals surface area contributed by atoms with E-state index in [0.717, 1.165) is 13.5 Å². The molecule has 92 valence electrons. The second kappa shape index (κ2) is 9.59. The first-order chi connectivity index (χ1) is 6.24. The van der Waals surface area contributed by atoms with Crippen molar-refractivity contribution < 1.29 is 27.1 Å². The van der Waals surface area contributed by atoms with Crippen LogP contribution in [0, 0.1) is 0 Å². The fraction of sp³-hybridized carbons (Fsp3) is 0.571. The van der Waals surface area contributed by atoms with Crippen LogP contribution < -0.4 is 6.15 Å². The van der Waals surface area contributed by atoms with E-state index in [0.29, 0.717) is 12.0 Å². The van der Waals surface area contributed by atoms with Gasteiger partial charge in [0.2, 0.25) is 0 Å². The molecule has 0 radical (unpaired) electrons. The summed E-state index contributed by atoms with van der Waals surface area (Å²) in [6.45, 7) is 5.27. The van der Waals surface area contributed by atoms with E-state index in [9.17, 15) is 13.2 Å². The maximum Gasteiger partial charge on any atom is 0.397 e. The molecular formula is C7H17NO6S. The summed E-state index contributed by atoms with van der Waals surface area (Å²) in [5, 5.41) is 8.21. The fourth-order valence-corrected chi connectivity index (χ4v) is 0.409. The first-order valence-corrected chi connectivity index (χ1v) is 5.05. The van der Waals surface area contributed by atoms with Gasteiger partial charge in [0.1, 0.15) is 0 Å². The van der Waals surface area contributed by atoms with Crippen LogP contribution in [0.4, 0.5) is 0 Å². The molecule has 5 N–H and O–H groups in total. The Morgan fingerprint density at radius 2 is 1.80 bits per heavy atom. The van der Waals surface area contributed by atoms with Gasteiger partial charge in [0.15, 0.2) is 0 Å². The number of carboxylic acids is 1. The van der Waals surface area contributed by atoms with E-state index in [1.807, 2.05) is 6.92 Å². The Morgan fingerprint density at radius 3 is 1.87 bits per heavy atom. The molecule has 0 heterocycles. The van der Waals surface area contributed by atoms with Gasteiger partial charge in [-0.15, -0.1) is 0 Å². The highest BCUT2D eigenvalue weighted by Crippen LogP contribution is 1.99. The first kappa shape index (κ1) is 19.6. The van der Waals surface area contributed by atoms with Crippen LogP contribution in [-0.4, -0.2) is 31.2 Å². The van der Waals surface area contributed by atoms with Crippen molar-refractivity contribution >= 4 is 16.4 Å². The molecule has 0 aromatic heterocycles. The summed E-state index contributed by atoms with van der Waals surface area (Å²) in [7, 11) is -3.29. The minimum absolute atomic E-state index is 0. The molecule has 0 unspecified atom stereocenters. The third-order valence-electron chi connectivity index (χ3n) is 1.06. The molecule has 0 spiro atoms. The second-order valence-electron chi connectivity index (χ2n) is 2.25. The third-order valence-corrected chi connectivity index (χ3v) is 1.49. The molecule has 0 aromatic carbocycles. The van der Waals surface area contributed by atoms with Crippen LogP contribution in [0.5, 0.6) is 0 Å². The number of rotatable bonds is 4. The van der Waals surface area contributed by atoms with E-state index >= 15 is 0 Å². The van der Waals surface area contributed by atoms with Crippen molar-refractivity contribution in [3.63, 3.8) is 0 Å². The van der Waals surface area contributed by atoms with Gasteiger partial charge in [0, 0.05) is 5.57 Å². The largest absolute Gasteiger partial charge is 0.478 e. The summed E-state index contributed by atoms with van der Waals surface area (Å²) in [4.78, 5) is 9.99. The number of carboxylic acid groups (broad SMARTS) is 1. The molecule has 7 nitrogen and oxygen atoms in total. The van der Waals surface area contributed by atoms with Crippen molar-refractivity contribution in [1.29, 1.82) is 0 Å². The molecule has 0 aliphatic heterocycles. The van der Waals surface area contributed by atoms with E-state index in [1.165, 1.54) is 0 Å². The molecule has 0 fully saturated rings. The minimum Gasteiger partial charge on any atom is -0.478 e. The van der Waals surface area contributed by atoms with Crippen molar-refractivity contribution in [2.45, 2.75) is 19.8 Å². The Morgan fingerprint density at radius 1 is 1.47 bits per heavy atom. The number of aliphatic carboxylic acids is 1. The summed E-state index contributed by atoms with van der Waals surface area (Å²) < 4.78 is 29.7. The molecular weight excluding hydrogens is 226 g/mol. The fourth-order valence-electron chi connectivity index (χ4n) is 0.409. The first-order valence-electron chi connectivity index (χ1n) is 3.68. The van der Waals surface area contributed by atoms with Crippen molar-refractivity contribution in [3.05, 3.63) is 12.2 Å². The Labute approximate surface area is 89.3 Å². The van der Waals surface area contributed by atoms with Gasteiger partial charge >= 0.3 is 16.4 Å². The summed E-state index contributed by atoms with van der Waals surface area (Å²) in [6.07, 6.45) is 1.44. The Balaban J connectivity index is -0.000000187. The topological polar surface area (TPSA) is 136 Å². The number of carbonyl (C=O) groups is 1. The van der Waals surface area contributed by atoms with Gasteiger partial charge in [-0.3, -0.25) is 8.74 Å². The van der Waals surface area contributed by atoms with Gasteiger partial charge in [0.05, 0.1) is 7.11 Å². The molecule has 0 aromatic rings. The lowest BCUT2D eigenvalue weighted by Crippen LogP contribution is -1.97. The molecule has 15 heavy (non-hydrogen) atoms. The maximum absolute atomic E-state index is 9.99. The molecule has 0 saturated carbocycles. The van der Waals surface area contributed by atoms with E-state index in [2.05, 4.69) is 10.8 Å². The van der Waals surface area contributed by atoms with Gasteiger partial charge in [-0.1, -0.05) is 19.9 Å². The highest BCUT2D eigenvalue weighted by Gasteiger charge is 1.99. The third kappa shape index (κ3) is 19.4. The van der Waals surface area contributed by atoms with Gasteiger partial charge in [-0.25, -0.2) is 4.79 Å². The summed E-state index contributed by atoms with van der Waals surface area (Å²) in [5.41, 5.74) is 0.299. The molecule has 8 heteroatoms. The average molecular weight is 243 g/mol. The van der Waals surface area contributed by atoms with Crippen LogP contribution in [0.3, 0.4) is 0 Å². The van der Waals surface area contributed by atoms with E-state index in [-0.39, 0.29) is 6.15 Å². The Kier molecular flexibility index (Phi) is 12.5. The van der Waals surface area contributed by atoms with Crippen LogP contribution in [0.25, 0.3) is 0 Å². The number of hydrogen-bond donors (Lipinski definition) is 3. The lowest BCUT2D eigenvalue weighted by molar-refractivity contribution is -0.132. The highest BCUT2D eigenvalue weighted by molar-refractivity contribution is 7.80. The zero-order chi connectivity index (χ0) is 11.8. The van der Waals surface area contributed by atoms with Crippen molar-refractivity contribution in [3.8, 4) is 0 Å². The predicted octanol–water partition coefficient (Wildman–Crippen LogP) is 1.02. The van der Waals surface area contributed by atoms with Crippen LogP contribution in [0.15, 0.2) is 12.2 Å². The molecule has 0 saturated heterocycles. The molecule has 0 aliphatic carbocycles. The molecule has 0 rings (SSSR count). The lowest BCUT2D eigenvalue weighted by atomic mass is 10.2. The summed E-state index contributed by atoms with van der Waals surface area (Å²) >= 11 is 0. The van der Waals surface area contributed by atoms with Gasteiger partial charge < -0.3 is 11.3 Å². The molecule has 0 bridgehead atoms. The Bertz CT molecular complexity index is 284. The molecule has 0 aliphatic rings. The number of hydrogen-bond acceptors (Lipinski definition) is 5. The standard InChI is InChI=1S/C6H10O2.CH4O4S.H3N/c1-3-4-5(2)6(7)8;1-5-6(2,3)4;/h2-4H2,1H3,(H,7,8);1H3,(H,2,3,4);1H3. The summed E-state index contributed by atoms with van der Waals surface area (Å²) in [5.74, 6) is -0.883. The lowest BCUT2D eigenvalue weighted by Gasteiger charge is -1.92. The second-order valence-corrected chi connectivity index (χ2v) is 3.44. The quantitative estimate of drug-likeness (QED) is 0.495. The van der Waals surface area contributed by atoms with Crippen LogP contribution in [0.1, 0.15) is 19.8 Å². The van der Waals surface area contributed by atoms with Gasteiger partial charge in [0.25, 0.3) is 0 Å². The normalized spacial score (nSPS) is 9.27. The minimum atomic E-state index is -4.16.